The number of rotatable bonds is 8. The average molecular weight is 378 g/mol. The van der Waals surface area contributed by atoms with Crippen LogP contribution in [0.3, 0.4) is 0 Å². The molecule has 0 spiro atoms. The predicted molar refractivity (Wildman–Crippen MR) is 105 cm³/mol. The van der Waals surface area contributed by atoms with Crippen LogP contribution in [0.1, 0.15) is 48.8 Å². The summed E-state index contributed by atoms with van der Waals surface area (Å²) in [5, 5.41) is 2.97. The maximum atomic E-state index is 12.8. The van der Waals surface area contributed by atoms with Crippen LogP contribution < -0.4 is 5.32 Å². The fraction of sp³-hybridized carbons (Fsp3) is 0.700. The molecule has 1 saturated carbocycles. The third-order valence-electron chi connectivity index (χ3n) is 5.55. The second kappa shape index (κ2) is 8.53. The van der Waals surface area contributed by atoms with Crippen molar-refractivity contribution in [2.75, 3.05) is 20.1 Å². The number of nitrogens with zero attached hydrogens (tertiary/aromatic N) is 2. The van der Waals surface area contributed by atoms with Crippen molar-refractivity contribution in [1.82, 2.24) is 15.1 Å². The van der Waals surface area contributed by atoms with Crippen LogP contribution in [0.4, 0.5) is 0 Å². The molecule has 1 saturated heterocycles. The Labute approximate surface area is 160 Å². The van der Waals surface area contributed by atoms with Crippen molar-refractivity contribution < 1.29 is 9.59 Å². The zero-order chi connectivity index (χ0) is 18.7. The van der Waals surface area contributed by atoms with E-state index in [0.29, 0.717) is 31.6 Å². The minimum Gasteiger partial charge on any atom is -0.355 e. The summed E-state index contributed by atoms with van der Waals surface area (Å²) in [5.74, 6) is 1.04. The highest BCUT2D eigenvalue weighted by Gasteiger charge is 2.38. The molecule has 6 heteroatoms. The van der Waals surface area contributed by atoms with Crippen LogP contribution in [0.25, 0.3) is 0 Å². The summed E-state index contributed by atoms with van der Waals surface area (Å²) in [6.07, 6.45) is 5.32. The molecule has 1 N–H and O–H groups in total. The van der Waals surface area contributed by atoms with E-state index in [0.717, 1.165) is 25.3 Å². The van der Waals surface area contributed by atoms with Crippen molar-refractivity contribution in [3.63, 3.8) is 0 Å². The molecule has 5 nitrogen and oxygen atoms in total. The van der Waals surface area contributed by atoms with Gasteiger partial charge in [-0.3, -0.25) is 14.5 Å². The lowest BCUT2D eigenvalue weighted by molar-refractivity contribution is -0.131. The first kappa shape index (κ1) is 19.4. The normalized spacial score (nSPS) is 23.2. The molecule has 0 bridgehead atoms. The fourth-order valence-electron chi connectivity index (χ4n) is 3.86. The third kappa shape index (κ3) is 5.30. The Hall–Kier alpha value is -1.40. The fourth-order valence-corrected chi connectivity index (χ4v) is 4.80. The summed E-state index contributed by atoms with van der Waals surface area (Å²) in [7, 11) is 1.91. The lowest BCUT2D eigenvalue weighted by atomic mass is 10.1. The van der Waals surface area contributed by atoms with Gasteiger partial charge in [-0.1, -0.05) is 0 Å². The largest absolute Gasteiger partial charge is 0.355 e. The van der Waals surface area contributed by atoms with Crippen molar-refractivity contribution in [3.8, 4) is 0 Å². The molecule has 2 atom stereocenters. The highest BCUT2D eigenvalue weighted by Crippen LogP contribution is 2.35. The first-order valence-corrected chi connectivity index (χ1v) is 10.5. The summed E-state index contributed by atoms with van der Waals surface area (Å²) in [5.41, 5.74) is 0. The number of likely N-dealkylation sites (tertiary alicyclic amines) is 1. The first-order valence-electron chi connectivity index (χ1n) is 9.72. The van der Waals surface area contributed by atoms with E-state index in [1.54, 1.807) is 18.3 Å². The molecule has 0 aromatic carbocycles. The molecule has 2 aliphatic rings. The zero-order valence-corrected chi connectivity index (χ0v) is 17.0. The van der Waals surface area contributed by atoms with Gasteiger partial charge in [0, 0.05) is 55.3 Å². The summed E-state index contributed by atoms with van der Waals surface area (Å²) >= 11 is 1.76. The maximum absolute atomic E-state index is 12.8. The van der Waals surface area contributed by atoms with Crippen molar-refractivity contribution in [2.24, 2.45) is 5.92 Å². The molecule has 0 radical (unpaired) electrons. The summed E-state index contributed by atoms with van der Waals surface area (Å²) in [6, 6.07) is 4.92. The van der Waals surface area contributed by atoms with Gasteiger partial charge in [-0.05, 0) is 50.7 Å². The van der Waals surface area contributed by atoms with Crippen LogP contribution in [0, 0.1) is 12.8 Å². The Bertz CT molecular complexity index is 641. The van der Waals surface area contributed by atoms with Crippen LogP contribution in [0.5, 0.6) is 0 Å². The minimum absolute atomic E-state index is 0.0295. The van der Waals surface area contributed by atoms with E-state index >= 15 is 0 Å². The van der Waals surface area contributed by atoms with Crippen LogP contribution >= 0.6 is 11.3 Å². The Morgan fingerprint density at radius 2 is 1.96 bits per heavy atom. The second-order valence-electron chi connectivity index (χ2n) is 7.93. The Morgan fingerprint density at radius 1 is 1.23 bits per heavy atom. The lowest BCUT2D eigenvalue weighted by Crippen LogP contribution is -2.45. The number of hydrogen-bond acceptors (Lipinski definition) is 4. The summed E-state index contributed by atoms with van der Waals surface area (Å²) in [4.78, 5) is 30.9. The van der Waals surface area contributed by atoms with E-state index in [9.17, 15) is 9.59 Å². The number of carbonyl (C=O) groups excluding carboxylic acids is 2. The van der Waals surface area contributed by atoms with E-state index in [1.165, 1.54) is 22.6 Å². The monoisotopic (exact) mass is 377 g/mol. The highest BCUT2D eigenvalue weighted by molar-refractivity contribution is 7.11. The molecule has 1 aromatic rings. The van der Waals surface area contributed by atoms with Gasteiger partial charge in [0.25, 0.3) is 0 Å². The van der Waals surface area contributed by atoms with Gasteiger partial charge in [0.1, 0.15) is 0 Å². The molecule has 2 fully saturated rings. The van der Waals surface area contributed by atoms with Crippen LogP contribution in [-0.4, -0.2) is 53.8 Å². The summed E-state index contributed by atoms with van der Waals surface area (Å²) in [6.45, 7) is 6.15. The maximum Gasteiger partial charge on any atom is 0.224 e. The Kier molecular flexibility index (Phi) is 6.35. The van der Waals surface area contributed by atoms with E-state index < -0.39 is 0 Å². The SMILES string of the molecule is CC(=O)NC[C@H]1CC[C@@H](CC(=O)N(C)Cc2ccc(C)s2)N1CC1CC1. The topological polar surface area (TPSA) is 52.7 Å². The number of aryl methyl sites for hydroxylation is 1. The van der Waals surface area contributed by atoms with Crippen molar-refractivity contribution >= 4 is 23.2 Å². The molecule has 1 aromatic heterocycles. The first-order chi connectivity index (χ1) is 12.4. The Morgan fingerprint density at radius 3 is 2.58 bits per heavy atom. The van der Waals surface area contributed by atoms with Crippen LogP contribution in [-0.2, 0) is 16.1 Å². The van der Waals surface area contributed by atoms with Gasteiger partial charge in [-0.15, -0.1) is 11.3 Å². The van der Waals surface area contributed by atoms with Crippen molar-refractivity contribution in [3.05, 3.63) is 21.9 Å². The van der Waals surface area contributed by atoms with Gasteiger partial charge in [0.05, 0.1) is 6.54 Å². The Balaban J connectivity index is 1.55. The van der Waals surface area contributed by atoms with Gasteiger partial charge in [0.15, 0.2) is 0 Å². The molecule has 26 heavy (non-hydrogen) atoms. The lowest BCUT2D eigenvalue weighted by Gasteiger charge is -2.31. The molecule has 1 aliphatic heterocycles. The molecule has 2 amide bonds. The number of hydrogen-bond donors (Lipinski definition) is 1. The molecule has 1 aliphatic carbocycles. The van der Waals surface area contributed by atoms with Gasteiger partial charge in [0.2, 0.25) is 11.8 Å². The quantitative estimate of drug-likeness (QED) is 0.758. The highest BCUT2D eigenvalue weighted by atomic mass is 32.1. The van der Waals surface area contributed by atoms with E-state index in [4.69, 9.17) is 0 Å². The number of amides is 2. The van der Waals surface area contributed by atoms with Gasteiger partial charge < -0.3 is 10.2 Å². The average Bonchev–Trinajstić information content (AvgIpc) is 3.20. The zero-order valence-electron chi connectivity index (χ0n) is 16.2. The molecule has 144 valence electrons. The molecule has 3 rings (SSSR count). The van der Waals surface area contributed by atoms with Crippen molar-refractivity contribution in [1.29, 1.82) is 0 Å². The molecular weight excluding hydrogens is 346 g/mol. The number of nitrogens with one attached hydrogen (secondary N) is 1. The summed E-state index contributed by atoms with van der Waals surface area (Å²) < 4.78 is 0. The molecule has 2 heterocycles. The number of carbonyl (C=O) groups is 2. The van der Waals surface area contributed by atoms with Gasteiger partial charge >= 0.3 is 0 Å². The van der Waals surface area contributed by atoms with Crippen LogP contribution in [0.15, 0.2) is 12.1 Å². The van der Waals surface area contributed by atoms with Crippen molar-refractivity contribution in [2.45, 2.75) is 64.6 Å². The van der Waals surface area contributed by atoms with E-state index in [-0.39, 0.29) is 11.8 Å². The number of thiophene rings is 1. The van der Waals surface area contributed by atoms with Gasteiger partial charge in [-0.25, -0.2) is 0 Å². The standard InChI is InChI=1S/C20H31N3O2S/c1-14-4-9-19(26-14)13-22(3)20(25)10-17-7-8-18(11-21-15(2)24)23(17)12-16-5-6-16/h4,9,16-18H,5-8,10-13H2,1-3H3,(H,21,24)/t17-,18+/m0/s1. The van der Waals surface area contributed by atoms with Gasteiger partial charge in [-0.2, -0.15) is 0 Å². The minimum atomic E-state index is 0.0295. The molecule has 0 unspecified atom stereocenters. The smallest absolute Gasteiger partial charge is 0.224 e. The predicted octanol–water partition coefficient (Wildman–Crippen LogP) is 2.78. The second-order valence-corrected chi connectivity index (χ2v) is 9.30. The molecular formula is C20H31N3O2S. The van der Waals surface area contributed by atoms with E-state index in [2.05, 4.69) is 29.3 Å². The van der Waals surface area contributed by atoms with E-state index in [1.807, 2.05) is 11.9 Å². The van der Waals surface area contributed by atoms with Crippen LogP contribution in [0.2, 0.25) is 0 Å². The third-order valence-corrected chi connectivity index (χ3v) is 6.53.